The Morgan fingerprint density at radius 2 is 1.57 bits per heavy atom. The van der Waals surface area contributed by atoms with Crippen molar-refractivity contribution >= 4 is 0 Å². The molecular formula is C21H28N2. The lowest BCUT2D eigenvalue weighted by atomic mass is 9.88. The third-order valence-electron chi connectivity index (χ3n) is 5.00. The highest BCUT2D eigenvalue weighted by Gasteiger charge is 2.17. The lowest BCUT2D eigenvalue weighted by Crippen LogP contribution is -2.08. The number of rotatable bonds is 6. The maximum atomic E-state index is 4.65. The zero-order chi connectivity index (χ0) is 15.9. The van der Waals surface area contributed by atoms with E-state index in [0.29, 0.717) is 5.92 Å². The van der Waals surface area contributed by atoms with Crippen molar-refractivity contribution in [3.05, 3.63) is 48.0 Å². The molecule has 2 heteroatoms. The fraction of sp³-hybridized carbons (Fsp3) is 0.524. The van der Waals surface area contributed by atoms with Gasteiger partial charge in [-0.15, -0.1) is 0 Å². The Balaban J connectivity index is 1.64. The summed E-state index contributed by atoms with van der Waals surface area (Å²) >= 11 is 0. The number of unbranched alkanes of at least 4 members (excludes halogenated alkanes) is 2. The molecule has 0 bridgehead atoms. The molecule has 1 fully saturated rings. The van der Waals surface area contributed by atoms with Crippen LogP contribution in [-0.4, -0.2) is 9.97 Å². The van der Waals surface area contributed by atoms with Crippen molar-refractivity contribution in [2.45, 2.75) is 70.6 Å². The molecule has 1 aliphatic rings. The molecule has 1 aliphatic carbocycles. The molecule has 0 aliphatic heterocycles. The van der Waals surface area contributed by atoms with Crippen LogP contribution in [-0.2, 0) is 6.42 Å². The zero-order valence-corrected chi connectivity index (χ0v) is 14.3. The quantitative estimate of drug-likeness (QED) is 0.619. The van der Waals surface area contributed by atoms with Crippen LogP contribution in [0.1, 0.15) is 75.6 Å². The van der Waals surface area contributed by atoms with Gasteiger partial charge in [-0.25, -0.2) is 9.97 Å². The summed E-state index contributed by atoms with van der Waals surface area (Å²) in [4.78, 5) is 9.30. The van der Waals surface area contributed by atoms with Gasteiger partial charge in [0, 0.05) is 23.9 Å². The summed E-state index contributed by atoms with van der Waals surface area (Å²) in [5, 5.41) is 0. The van der Waals surface area contributed by atoms with Gasteiger partial charge in [-0.05, 0) is 36.8 Å². The average Bonchev–Trinajstić information content (AvgIpc) is 2.63. The molecule has 1 saturated carbocycles. The van der Waals surface area contributed by atoms with Crippen LogP contribution >= 0.6 is 0 Å². The third kappa shape index (κ3) is 4.40. The molecular weight excluding hydrogens is 280 g/mol. The summed E-state index contributed by atoms with van der Waals surface area (Å²) in [6.07, 6.45) is 15.6. The molecule has 0 saturated heterocycles. The van der Waals surface area contributed by atoms with Gasteiger partial charge in [-0.3, -0.25) is 0 Å². The summed E-state index contributed by atoms with van der Waals surface area (Å²) < 4.78 is 0. The molecule has 1 aromatic heterocycles. The minimum absolute atomic E-state index is 0.582. The number of aromatic nitrogens is 2. The van der Waals surface area contributed by atoms with E-state index in [4.69, 9.17) is 0 Å². The van der Waals surface area contributed by atoms with Crippen molar-refractivity contribution < 1.29 is 0 Å². The maximum absolute atomic E-state index is 4.65. The van der Waals surface area contributed by atoms with Gasteiger partial charge in [0.05, 0.1) is 0 Å². The van der Waals surface area contributed by atoms with Gasteiger partial charge in [0.25, 0.3) is 0 Å². The second-order valence-corrected chi connectivity index (χ2v) is 6.82. The molecule has 2 nitrogen and oxygen atoms in total. The Morgan fingerprint density at radius 3 is 2.22 bits per heavy atom. The Kier molecular flexibility index (Phi) is 5.79. The zero-order valence-electron chi connectivity index (χ0n) is 14.3. The topological polar surface area (TPSA) is 25.8 Å². The van der Waals surface area contributed by atoms with Crippen LogP contribution in [0.2, 0.25) is 0 Å². The molecule has 3 rings (SSSR count). The van der Waals surface area contributed by atoms with E-state index in [1.807, 2.05) is 12.4 Å². The van der Waals surface area contributed by atoms with Crippen molar-refractivity contribution in [1.29, 1.82) is 0 Å². The van der Waals surface area contributed by atoms with Gasteiger partial charge in [0.15, 0.2) is 0 Å². The van der Waals surface area contributed by atoms with E-state index in [1.54, 1.807) is 0 Å². The minimum atomic E-state index is 0.582. The second-order valence-electron chi connectivity index (χ2n) is 6.82. The number of nitrogens with zero attached hydrogens (tertiary/aromatic N) is 2. The van der Waals surface area contributed by atoms with Crippen LogP contribution in [0.25, 0.3) is 11.1 Å². The Labute approximate surface area is 140 Å². The fourth-order valence-corrected chi connectivity index (χ4v) is 3.50. The standard InChI is InChI=1S/C21H28N2/c1-2-3-5-8-17-11-13-18(14-12-17)20-15-22-21(23-16-20)19-9-6-4-7-10-19/h11-16,19H,2-10H2,1H3. The van der Waals surface area contributed by atoms with Gasteiger partial charge in [0.2, 0.25) is 0 Å². The molecule has 2 aromatic rings. The molecule has 0 spiro atoms. The van der Waals surface area contributed by atoms with Crippen molar-refractivity contribution in [2.24, 2.45) is 0 Å². The first-order chi connectivity index (χ1) is 11.4. The predicted octanol–water partition coefficient (Wildman–Crippen LogP) is 5.92. The number of benzene rings is 1. The van der Waals surface area contributed by atoms with Gasteiger partial charge < -0.3 is 0 Å². The predicted molar refractivity (Wildman–Crippen MR) is 96.5 cm³/mol. The van der Waals surface area contributed by atoms with Crippen LogP contribution in [0, 0.1) is 0 Å². The Morgan fingerprint density at radius 1 is 0.870 bits per heavy atom. The Hall–Kier alpha value is -1.70. The summed E-state index contributed by atoms with van der Waals surface area (Å²) in [5.74, 6) is 1.63. The maximum Gasteiger partial charge on any atom is 0.131 e. The first kappa shape index (κ1) is 16.2. The van der Waals surface area contributed by atoms with E-state index in [2.05, 4.69) is 41.2 Å². The van der Waals surface area contributed by atoms with Gasteiger partial charge >= 0.3 is 0 Å². The van der Waals surface area contributed by atoms with Crippen LogP contribution in [0.3, 0.4) is 0 Å². The Bertz CT molecular complexity index is 580. The highest BCUT2D eigenvalue weighted by atomic mass is 14.9. The molecule has 1 aromatic carbocycles. The van der Waals surface area contributed by atoms with Gasteiger partial charge in [-0.1, -0.05) is 63.3 Å². The molecule has 0 atom stereocenters. The molecule has 0 unspecified atom stereocenters. The average molecular weight is 308 g/mol. The fourth-order valence-electron chi connectivity index (χ4n) is 3.50. The highest BCUT2D eigenvalue weighted by Crippen LogP contribution is 2.31. The molecule has 0 N–H and O–H groups in total. The lowest BCUT2D eigenvalue weighted by molar-refractivity contribution is 0.428. The van der Waals surface area contributed by atoms with Crippen molar-refractivity contribution in [3.63, 3.8) is 0 Å². The van der Waals surface area contributed by atoms with E-state index in [9.17, 15) is 0 Å². The van der Waals surface area contributed by atoms with E-state index in [-0.39, 0.29) is 0 Å². The lowest BCUT2D eigenvalue weighted by Gasteiger charge is -2.20. The molecule has 23 heavy (non-hydrogen) atoms. The summed E-state index contributed by atoms with van der Waals surface area (Å²) in [6.45, 7) is 2.25. The minimum Gasteiger partial charge on any atom is -0.240 e. The third-order valence-corrected chi connectivity index (χ3v) is 5.00. The van der Waals surface area contributed by atoms with Crippen LogP contribution in [0.15, 0.2) is 36.7 Å². The first-order valence-corrected chi connectivity index (χ1v) is 9.28. The van der Waals surface area contributed by atoms with Crippen LogP contribution in [0.4, 0.5) is 0 Å². The molecule has 0 radical (unpaired) electrons. The summed E-state index contributed by atoms with van der Waals surface area (Å²) in [6, 6.07) is 8.92. The molecule has 0 amide bonds. The second kappa shape index (κ2) is 8.24. The van der Waals surface area contributed by atoms with Crippen LogP contribution < -0.4 is 0 Å². The van der Waals surface area contributed by atoms with Crippen molar-refractivity contribution in [2.75, 3.05) is 0 Å². The monoisotopic (exact) mass is 308 g/mol. The van der Waals surface area contributed by atoms with Crippen molar-refractivity contribution in [1.82, 2.24) is 9.97 Å². The number of hydrogen-bond donors (Lipinski definition) is 0. The SMILES string of the molecule is CCCCCc1ccc(-c2cnc(C3CCCCC3)nc2)cc1. The first-order valence-electron chi connectivity index (χ1n) is 9.28. The molecule has 1 heterocycles. The van der Waals surface area contributed by atoms with Crippen LogP contribution in [0.5, 0.6) is 0 Å². The highest BCUT2D eigenvalue weighted by molar-refractivity contribution is 5.61. The normalized spacial score (nSPS) is 15.7. The molecule has 122 valence electrons. The summed E-state index contributed by atoms with van der Waals surface area (Å²) in [5.41, 5.74) is 3.78. The number of aryl methyl sites for hydroxylation is 1. The van der Waals surface area contributed by atoms with Crippen molar-refractivity contribution in [3.8, 4) is 11.1 Å². The van der Waals surface area contributed by atoms with E-state index in [0.717, 1.165) is 11.4 Å². The largest absolute Gasteiger partial charge is 0.240 e. The van der Waals surface area contributed by atoms with Gasteiger partial charge in [0.1, 0.15) is 5.82 Å². The van der Waals surface area contributed by atoms with E-state index in [1.165, 1.54) is 68.9 Å². The van der Waals surface area contributed by atoms with Gasteiger partial charge in [-0.2, -0.15) is 0 Å². The number of hydrogen-bond acceptors (Lipinski definition) is 2. The van der Waals surface area contributed by atoms with E-state index < -0.39 is 0 Å². The summed E-state index contributed by atoms with van der Waals surface area (Å²) in [7, 11) is 0. The smallest absolute Gasteiger partial charge is 0.131 e. The van der Waals surface area contributed by atoms with E-state index >= 15 is 0 Å².